The summed E-state index contributed by atoms with van der Waals surface area (Å²) in [4.78, 5) is 14.7. The van der Waals surface area contributed by atoms with Gasteiger partial charge in [0.25, 0.3) is 5.91 Å². The summed E-state index contributed by atoms with van der Waals surface area (Å²) in [5.74, 6) is -0.122. The third-order valence-corrected chi connectivity index (χ3v) is 5.46. The highest BCUT2D eigenvalue weighted by Crippen LogP contribution is 2.28. The van der Waals surface area contributed by atoms with Gasteiger partial charge in [0.2, 0.25) is 0 Å². The van der Waals surface area contributed by atoms with Crippen LogP contribution in [0.25, 0.3) is 0 Å². The number of nitrogens with one attached hydrogen (secondary N) is 1. The number of carbonyl (C=O) groups excluding carboxylic acids is 1. The number of fused-ring (bicyclic) bond motifs is 1. The van der Waals surface area contributed by atoms with Gasteiger partial charge in [-0.25, -0.2) is 0 Å². The van der Waals surface area contributed by atoms with E-state index in [2.05, 4.69) is 39.7 Å². The second-order valence-electron chi connectivity index (χ2n) is 7.30. The fraction of sp³-hybridized carbons (Fsp3) is 0.381. The Labute approximate surface area is 164 Å². The fourth-order valence-electron chi connectivity index (χ4n) is 3.94. The second-order valence-corrected chi connectivity index (χ2v) is 7.30. The number of amides is 1. The molecule has 0 saturated heterocycles. The van der Waals surface area contributed by atoms with E-state index in [0.29, 0.717) is 18.3 Å². The molecule has 2 aromatic heterocycles. The van der Waals surface area contributed by atoms with Gasteiger partial charge in [-0.1, -0.05) is 35.5 Å². The van der Waals surface area contributed by atoms with Crippen LogP contribution in [0.1, 0.15) is 39.4 Å². The standard InChI is InChI=1S/C21H25N5O2/c1-22-21(27)20-18-12-17(25(2)14-16-10-11-28-24-16)8-9-19(18)26(23-20)13-15-6-4-3-5-7-15/h3-7,10-11,17H,8-9,12-14H2,1-2H3,(H,22,27). The van der Waals surface area contributed by atoms with Gasteiger partial charge in [0.15, 0.2) is 5.69 Å². The molecule has 0 fully saturated rings. The maximum Gasteiger partial charge on any atom is 0.271 e. The summed E-state index contributed by atoms with van der Waals surface area (Å²) >= 11 is 0. The van der Waals surface area contributed by atoms with Crippen LogP contribution in [0.3, 0.4) is 0 Å². The van der Waals surface area contributed by atoms with E-state index in [0.717, 1.165) is 37.1 Å². The second kappa shape index (κ2) is 7.98. The summed E-state index contributed by atoms with van der Waals surface area (Å²) in [6.07, 6.45) is 4.33. The number of hydrogen-bond donors (Lipinski definition) is 1. The highest BCUT2D eigenvalue weighted by atomic mass is 16.5. The smallest absolute Gasteiger partial charge is 0.271 e. The molecule has 0 radical (unpaired) electrons. The van der Waals surface area contributed by atoms with Crippen LogP contribution in [0.4, 0.5) is 0 Å². The van der Waals surface area contributed by atoms with Crippen LogP contribution in [0.15, 0.2) is 47.2 Å². The Morgan fingerprint density at radius 2 is 2.14 bits per heavy atom. The molecule has 1 amide bonds. The highest BCUT2D eigenvalue weighted by Gasteiger charge is 2.30. The molecule has 1 atom stereocenters. The van der Waals surface area contributed by atoms with E-state index >= 15 is 0 Å². The first-order chi connectivity index (χ1) is 13.7. The van der Waals surface area contributed by atoms with Crippen LogP contribution in [0.5, 0.6) is 0 Å². The van der Waals surface area contributed by atoms with Gasteiger partial charge in [-0.05, 0) is 31.9 Å². The SMILES string of the molecule is CNC(=O)c1nn(Cc2ccccc2)c2c1CC(N(C)Cc1ccon1)CC2. The zero-order valence-electron chi connectivity index (χ0n) is 16.3. The predicted molar refractivity (Wildman–Crippen MR) is 105 cm³/mol. The largest absolute Gasteiger partial charge is 0.364 e. The first-order valence-electron chi connectivity index (χ1n) is 9.59. The van der Waals surface area contributed by atoms with Crippen molar-refractivity contribution in [2.45, 2.75) is 38.4 Å². The Bertz CT molecular complexity index is 933. The van der Waals surface area contributed by atoms with E-state index in [9.17, 15) is 4.79 Å². The van der Waals surface area contributed by atoms with E-state index < -0.39 is 0 Å². The quantitative estimate of drug-likeness (QED) is 0.711. The molecule has 4 rings (SSSR count). The molecule has 7 heteroatoms. The van der Waals surface area contributed by atoms with Gasteiger partial charge >= 0.3 is 0 Å². The van der Waals surface area contributed by atoms with E-state index in [4.69, 9.17) is 4.52 Å². The Hall–Kier alpha value is -2.93. The molecule has 1 unspecified atom stereocenters. The molecule has 1 aliphatic rings. The first kappa shape index (κ1) is 18.4. The van der Waals surface area contributed by atoms with Gasteiger partial charge in [-0.2, -0.15) is 5.10 Å². The van der Waals surface area contributed by atoms with Crippen molar-refractivity contribution in [1.82, 2.24) is 25.2 Å². The van der Waals surface area contributed by atoms with Crippen molar-refractivity contribution >= 4 is 5.91 Å². The maximum atomic E-state index is 12.5. The fourth-order valence-corrected chi connectivity index (χ4v) is 3.94. The molecule has 3 aromatic rings. The average Bonchev–Trinajstić information content (AvgIpc) is 3.36. The van der Waals surface area contributed by atoms with Crippen molar-refractivity contribution < 1.29 is 9.32 Å². The molecular weight excluding hydrogens is 354 g/mol. The molecule has 146 valence electrons. The molecule has 0 spiro atoms. The van der Waals surface area contributed by atoms with Crippen molar-refractivity contribution in [2.75, 3.05) is 14.1 Å². The number of nitrogens with zero attached hydrogens (tertiary/aromatic N) is 4. The lowest BCUT2D eigenvalue weighted by molar-refractivity contribution is 0.0955. The molecule has 7 nitrogen and oxygen atoms in total. The Balaban J connectivity index is 1.59. The lowest BCUT2D eigenvalue weighted by Gasteiger charge is -2.31. The van der Waals surface area contributed by atoms with Crippen molar-refractivity contribution in [2.24, 2.45) is 0 Å². The maximum absolute atomic E-state index is 12.5. The van der Waals surface area contributed by atoms with Gasteiger partial charge in [0, 0.05) is 37.0 Å². The van der Waals surface area contributed by atoms with E-state index in [1.165, 1.54) is 11.3 Å². The van der Waals surface area contributed by atoms with Crippen LogP contribution in [0.2, 0.25) is 0 Å². The zero-order chi connectivity index (χ0) is 19.5. The first-order valence-corrected chi connectivity index (χ1v) is 9.59. The van der Waals surface area contributed by atoms with Crippen molar-refractivity contribution in [3.63, 3.8) is 0 Å². The molecule has 1 aliphatic carbocycles. The van der Waals surface area contributed by atoms with Crippen molar-refractivity contribution in [1.29, 1.82) is 0 Å². The topological polar surface area (TPSA) is 76.2 Å². The van der Waals surface area contributed by atoms with Crippen LogP contribution in [0, 0.1) is 0 Å². The molecule has 1 aromatic carbocycles. The third kappa shape index (κ3) is 3.71. The Kier molecular flexibility index (Phi) is 5.25. The third-order valence-electron chi connectivity index (χ3n) is 5.46. The lowest BCUT2D eigenvalue weighted by Crippen LogP contribution is -2.37. The van der Waals surface area contributed by atoms with Crippen LogP contribution >= 0.6 is 0 Å². The van der Waals surface area contributed by atoms with Gasteiger partial charge in [-0.3, -0.25) is 14.4 Å². The Morgan fingerprint density at radius 3 is 2.86 bits per heavy atom. The minimum absolute atomic E-state index is 0.122. The summed E-state index contributed by atoms with van der Waals surface area (Å²) in [7, 11) is 3.75. The molecule has 0 saturated carbocycles. The predicted octanol–water partition coefficient (Wildman–Crippen LogP) is 2.27. The number of aromatic nitrogens is 3. The normalized spacial score (nSPS) is 16.2. The van der Waals surface area contributed by atoms with Crippen LogP contribution in [-0.4, -0.2) is 45.9 Å². The number of benzene rings is 1. The molecule has 2 heterocycles. The van der Waals surface area contributed by atoms with Crippen molar-refractivity contribution in [3.05, 3.63) is 70.9 Å². The van der Waals surface area contributed by atoms with Crippen molar-refractivity contribution in [3.8, 4) is 0 Å². The monoisotopic (exact) mass is 379 g/mol. The zero-order valence-corrected chi connectivity index (χ0v) is 16.3. The number of rotatable bonds is 6. The molecule has 0 aliphatic heterocycles. The molecular formula is C21H25N5O2. The molecule has 28 heavy (non-hydrogen) atoms. The Morgan fingerprint density at radius 1 is 1.32 bits per heavy atom. The lowest BCUT2D eigenvalue weighted by atomic mass is 9.90. The van der Waals surface area contributed by atoms with Gasteiger partial charge in [0.1, 0.15) is 6.26 Å². The van der Waals surface area contributed by atoms with E-state index in [1.807, 2.05) is 28.9 Å². The summed E-state index contributed by atoms with van der Waals surface area (Å²) < 4.78 is 6.94. The number of hydrogen-bond acceptors (Lipinski definition) is 5. The van der Waals surface area contributed by atoms with Gasteiger partial charge < -0.3 is 9.84 Å². The molecule has 1 N–H and O–H groups in total. The van der Waals surface area contributed by atoms with E-state index in [-0.39, 0.29) is 5.91 Å². The summed E-state index contributed by atoms with van der Waals surface area (Å²) in [5.41, 5.74) is 4.89. The van der Waals surface area contributed by atoms with Gasteiger partial charge in [0.05, 0.1) is 12.2 Å². The van der Waals surface area contributed by atoms with E-state index in [1.54, 1.807) is 13.3 Å². The number of likely N-dealkylation sites (N-methyl/N-ethyl adjacent to an activating group) is 1. The summed E-state index contributed by atoms with van der Waals surface area (Å²) in [5, 5.41) is 11.4. The van der Waals surface area contributed by atoms with Gasteiger partial charge in [-0.15, -0.1) is 0 Å². The summed E-state index contributed by atoms with van der Waals surface area (Å²) in [6, 6.07) is 12.5. The summed E-state index contributed by atoms with van der Waals surface area (Å²) in [6.45, 7) is 1.41. The van der Waals surface area contributed by atoms with Crippen LogP contribution in [-0.2, 0) is 25.9 Å². The number of carbonyl (C=O) groups is 1. The average molecular weight is 379 g/mol. The highest BCUT2D eigenvalue weighted by molar-refractivity contribution is 5.93. The minimum Gasteiger partial charge on any atom is -0.364 e. The van der Waals surface area contributed by atoms with Crippen LogP contribution < -0.4 is 5.32 Å². The molecule has 0 bridgehead atoms. The minimum atomic E-state index is -0.122.